The van der Waals surface area contributed by atoms with Crippen LogP contribution in [0.25, 0.3) is 0 Å². The number of para-hydroxylation sites is 1. The molecule has 0 saturated carbocycles. The Labute approximate surface area is 115 Å². The lowest BCUT2D eigenvalue weighted by Gasteiger charge is -2.27. The lowest BCUT2D eigenvalue weighted by atomic mass is 9.92. The number of rotatable bonds is 2. The van der Waals surface area contributed by atoms with E-state index in [2.05, 4.69) is 67.7 Å². The van der Waals surface area contributed by atoms with Crippen LogP contribution in [0.4, 0.5) is 5.69 Å². The summed E-state index contributed by atoms with van der Waals surface area (Å²) in [5.41, 5.74) is 5.56. The topological polar surface area (TPSA) is 12.0 Å². The highest BCUT2D eigenvalue weighted by Crippen LogP contribution is 2.32. The third-order valence-electron chi connectivity index (χ3n) is 4.05. The predicted octanol–water partition coefficient (Wildman–Crippen LogP) is 4.91. The van der Waals surface area contributed by atoms with Crippen LogP contribution in [0.3, 0.4) is 0 Å². The molecule has 0 fully saturated rings. The largest absolute Gasteiger partial charge is 0.378 e. The number of nitrogens with one attached hydrogen (secondary N) is 1. The van der Waals surface area contributed by atoms with Gasteiger partial charge in [0.2, 0.25) is 0 Å². The maximum atomic E-state index is 3.66. The molecule has 1 heteroatoms. The lowest BCUT2D eigenvalue weighted by molar-refractivity contribution is 0.667. The zero-order valence-electron chi connectivity index (χ0n) is 11.7. The van der Waals surface area contributed by atoms with Gasteiger partial charge in [-0.3, -0.25) is 0 Å². The molecule has 0 radical (unpaired) electrons. The van der Waals surface area contributed by atoms with E-state index in [1.807, 2.05) is 0 Å². The molecular weight excluding hydrogens is 230 g/mol. The SMILES string of the molecule is CC(C)c1ccc(C2CCc3ccccc3N2)cc1. The summed E-state index contributed by atoms with van der Waals surface area (Å²) in [4.78, 5) is 0. The van der Waals surface area contributed by atoms with E-state index >= 15 is 0 Å². The van der Waals surface area contributed by atoms with Crippen LogP contribution >= 0.6 is 0 Å². The molecule has 3 rings (SSSR count). The number of hydrogen-bond acceptors (Lipinski definition) is 1. The van der Waals surface area contributed by atoms with E-state index in [4.69, 9.17) is 0 Å². The molecule has 0 aromatic heterocycles. The Morgan fingerprint density at radius 2 is 1.74 bits per heavy atom. The van der Waals surface area contributed by atoms with Gasteiger partial charge >= 0.3 is 0 Å². The number of fused-ring (bicyclic) bond motifs is 1. The van der Waals surface area contributed by atoms with Gasteiger partial charge in [0.1, 0.15) is 0 Å². The molecule has 0 bridgehead atoms. The zero-order valence-corrected chi connectivity index (χ0v) is 11.7. The van der Waals surface area contributed by atoms with E-state index in [0.717, 1.165) is 0 Å². The molecule has 0 amide bonds. The Morgan fingerprint density at radius 3 is 2.47 bits per heavy atom. The molecular formula is C18H21N. The van der Waals surface area contributed by atoms with E-state index in [0.29, 0.717) is 12.0 Å². The maximum Gasteiger partial charge on any atom is 0.0517 e. The summed E-state index contributed by atoms with van der Waals surface area (Å²) in [6, 6.07) is 18.2. The fraction of sp³-hybridized carbons (Fsp3) is 0.333. The summed E-state index contributed by atoms with van der Waals surface area (Å²) in [5, 5.41) is 3.66. The van der Waals surface area contributed by atoms with Crippen molar-refractivity contribution >= 4 is 5.69 Å². The molecule has 1 aliphatic rings. The standard InChI is InChI=1S/C18H21N/c1-13(2)14-7-9-16(10-8-14)18-12-11-15-5-3-4-6-17(15)19-18/h3-10,13,18-19H,11-12H2,1-2H3. The van der Waals surface area contributed by atoms with Gasteiger partial charge in [0, 0.05) is 5.69 Å². The van der Waals surface area contributed by atoms with Gasteiger partial charge in [-0.25, -0.2) is 0 Å². The van der Waals surface area contributed by atoms with Gasteiger partial charge in [-0.2, -0.15) is 0 Å². The van der Waals surface area contributed by atoms with Crippen molar-refractivity contribution in [2.24, 2.45) is 0 Å². The van der Waals surface area contributed by atoms with Crippen molar-refractivity contribution in [1.82, 2.24) is 0 Å². The monoisotopic (exact) mass is 251 g/mol. The lowest BCUT2D eigenvalue weighted by Crippen LogP contribution is -2.17. The van der Waals surface area contributed by atoms with Gasteiger partial charge in [0.15, 0.2) is 0 Å². The van der Waals surface area contributed by atoms with Crippen LogP contribution in [-0.4, -0.2) is 0 Å². The molecule has 1 atom stereocenters. The highest BCUT2D eigenvalue weighted by Gasteiger charge is 2.18. The van der Waals surface area contributed by atoms with Crippen molar-refractivity contribution in [1.29, 1.82) is 0 Å². The summed E-state index contributed by atoms with van der Waals surface area (Å²) < 4.78 is 0. The van der Waals surface area contributed by atoms with Gasteiger partial charge in [0.05, 0.1) is 6.04 Å². The first-order chi connectivity index (χ1) is 9.24. The zero-order chi connectivity index (χ0) is 13.2. The fourth-order valence-electron chi connectivity index (χ4n) is 2.80. The summed E-state index contributed by atoms with van der Waals surface area (Å²) in [6.45, 7) is 4.48. The van der Waals surface area contributed by atoms with Crippen molar-refractivity contribution in [3.63, 3.8) is 0 Å². The van der Waals surface area contributed by atoms with E-state index in [-0.39, 0.29) is 0 Å². The van der Waals surface area contributed by atoms with Crippen LogP contribution in [0.2, 0.25) is 0 Å². The van der Waals surface area contributed by atoms with Gasteiger partial charge in [-0.1, -0.05) is 56.3 Å². The average Bonchev–Trinajstić information content (AvgIpc) is 2.47. The quantitative estimate of drug-likeness (QED) is 0.799. The Balaban J connectivity index is 1.81. The number of anilines is 1. The predicted molar refractivity (Wildman–Crippen MR) is 81.7 cm³/mol. The first-order valence-electron chi connectivity index (χ1n) is 7.18. The Morgan fingerprint density at radius 1 is 1.00 bits per heavy atom. The number of hydrogen-bond donors (Lipinski definition) is 1. The first kappa shape index (κ1) is 12.3. The van der Waals surface area contributed by atoms with Crippen LogP contribution in [-0.2, 0) is 6.42 Å². The van der Waals surface area contributed by atoms with Crippen LogP contribution < -0.4 is 5.32 Å². The molecule has 19 heavy (non-hydrogen) atoms. The Hall–Kier alpha value is -1.76. The second-order valence-corrected chi connectivity index (χ2v) is 5.71. The van der Waals surface area contributed by atoms with E-state index in [1.54, 1.807) is 0 Å². The second-order valence-electron chi connectivity index (χ2n) is 5.71. The molecule has 1 nitrogen and oxygen atoms in total. The summed E-state index contributed by atoms with van der Waals surface area (Å²) in [6.07, 6.45) is 2.35. The molecule has 0 saturated heterocycles. The third kappa shape index (κ3) is 2.51. The molecule has 1 unspecified atom stereocenters. The minimum atomic E-state index is 0.455. The molecule has 1 heterocycles. The number of benzene rings is 2. The summed E-state index contributed by atoms with van der Waals surface area (Å²) in [7, 11) is 0. The van der Waals surface area contributed by atoms with Crippen molar-refractivity contribution < 1.29 is 0 Å². The van der Waals surface area contributed by atoms with E-state index < -0.39 is 0 Å². The molecule has 1 aliphatic heterocycles. The van der Waals surface area contributed by atoms with Crippen LogP contribution in [0.5, 0.6) is 0 Å². The summed E-state index contributed by atoms with van der Waals surface area (Å²) in [5.74, 6) is 0.606. The highest BCUT2D eigenvalue weighted by molar-refractivity contribution is 5.54. The Kier molecular flexibility index (Phi) is 3.29. The average molecular weight is 251 g/mol. The molecule has 0 spiro atoms. The normalized spacial score (nSPS) is 17.9. The second kappa shape index (κ2) is 5.08. The molecule has 0 aliphatic carbocycles. The summed E-state index contributed by atoms with van der Waals surface area (Å²) >= 11 is 0. The molecule has 2 aromatic carbocycles. The van der Waals surface area contributed by atoms with Crippen LogP contribution in [0.1, 0.15) is 48.9 Å². The highest BCUT2D eigenvalue weighted by atomic mass is 14.9. The van der Waals surface area contributed by atoms with Gasteiger partial charge in [0.25, 0.3) is 0 Å². The molecule has 2 aromatic rings. The first-order valence-corrected chi connectivity index (χ1v) is 7.18. The molecule has 98 valence electrons. The van der Waals surface area contributed by atoms with Gasteiger partial charge in [-0.05, 0) is 41.5 Å². The number of aryl methyl sites for hydroxylation is 1. The molecule has 1 N–H and O–H groups in total. The van der Waals surface area contributed by atoms with Crippen molar-refractivity contribution in [3.05, 3.63) is 65.2 Å². The van der Waals surface area contributed by atoms with Crippen LogP contribution in [0, 0.1) is 0 Å². The van der Waals surface area contributed by atoms with Crippen molar-refractivity contribution in [2.75, 3.05) is 5.32 Å². The third-order valence-corrected chi connectivity index (χ3v) is 4.05. The van der Waals surface area contributed by atoms with Gasteiger partial charge in [-0.15, -0.1) is 0 Å². The van der Waals surface area contributed by atoms with Crippen LogP contribution in [0.15, 0.2) is 48.5 Å². The minimum absolute atomic E-state index is 0.455. The van der Waals surface area contributed by atoms with Crippen molar-refractivity contribution in [3.8, 4) is 0 Å². The smallest absolute Gasteiger partial charge is 0.0517 e. The van der Waals surface area contributed by atoms with E-state index in [9.17, 15) is 0 Å². The van der Waals surface area contributed by atoms with E-state index in [1.165, 1.54) is 35.2 Å². The fourth-order valence-corrected chi connectivity index (χ4v) is 2.80. The van der Waals surface area contributed by atoms with Crippen molar-refractivity contribution in [2.45, 2.75) is 38.6 Å². The minimum Gasteiger partial charge on any atom is -0.378 e. The Bertz CT molecular complexity index is 554. The van der Waals surface area contributed by atoms with Gasteiger partial charge < -0.3 is 5.32 Å². The maximum absolute atomic E-state index is 3.66.